The summed E-state index contributed by atoms with van der Waals surface area (Å²) < 4.78 is 5.36. The number of ether oxygens (including phenoxy) is 1. The first-order valence-electron chi connectivity index (χ1n) is 8.66. The molecule has 0 aliphatic carbocycles. The molecule has 3 nitrogen and oxygen atoms in total. The Morgan fingerprint density at radius 2 is 1.65 bits per heavy atom. The smallest absolute Gasteiger partial charge is 0.123 e. The molecule has 5 heteroatoms. The van der Waals surface area contributed by atoms with E-state index in [0.29, 0.717) is 0 Å². The van der Waals surface area contributed by atoms with Crippen molar-refractivity contribution in [1.29, 1.82) is 0 Å². The molecule has 0 radical (unpaired) electrons. The fraction of sp³-hybridized carbons (Fsp3) is 0.667. The van der Waals surface area contributed by atoms with Crippen LogP contribution in [0.25, 0.3) is 0 Å². The summed E-state index contributed by atoms with van der Waals surface area (Å²) in [5.41, 5.74) is 1.23. The van der Waals surface area contributed by atoms with Gasteiger partial charge in [0, 0.05) is 30.2 Å². The largest absolute Gasteiger partial charge is 0.496 e. The Morgan fingerprint density at radius 1 is 0.913 bits per heavy atom. The van der Waals surface area contributed by atoms with Gasteiger partial charge in [-0.05, 0) is 32.0 Å². The van der Waals surface area contributed by atoms with Crippen molar-refractivity contribution in [2.24, 2.45) is 0 Å². The number of para-hydroxylation sites is 1. The van der Waals surface area contributed by atoms with Gasteiger partial charge < -0.3 is 15.4 Å². The minimum atomic E-state index is 0.888. The van der Waals surface area contributed by atoms with Gasteiger partial charge in [-0.3, -0.25) is 0 Å². The topological polar surface area (TPSA) is 33.3 Å². The van der Waals surface area contributed by atoms with Gasteiger partial charge in [0.05, 0.1) is 7.11 Å². The van der Waals surface area contributed by atoms with E-state index in [4.69, 9.17) is 4.74 Å². The molecular weight excluding hydrogens is 324 g/mol. The number of hydrogen-bond acceptors (Lipinski definition) is 5. The Morgan fingerprint density at radius 3 is 2.39 bits per heavy atom. The lowest BCUT2D eigenvalue weighted by Gasteiger charge is -2.09. The Kier molecular flexibility index (Phi) is 13.7. The average molecular weight is 357 g/mol. The Labute approximate surface area is 150 Å². The summed E-state index contributed by atoms with van der Waals surface area (Å²) in [6.07, 6.45) is 5.16. The summed E-state index contributed by atoms with van der Waals surface area (Å²) in [5.74, 6) is 3.39. The van der Waals surface area contributed by atoms with Gasteiger partial charge in [-0.2, -0.15) is 0 Å². The second-order valence-corrected chi connectivity index (χ2v) is 8.25. The monoisotopic (exact) mass is 356 g/mol. The molecule has 1 aromatic rings. The summed E-state index contributed by atoms with van der Waals surface area (Å²) in [4.78, 5) is 0. The molecule has 2 N–H and O–H groups in total. The lowest BCUT2D eigenvalue weighted by atomic mass is 10.1. The molecule has 0 unspecified atom stereocenters. The van der Waals surface area contributed by atoms with E-state index in [2.05, 4.69) is 29.7 Å². The fourth-order valence-electron chi connectivity index (χ4n) is 2.31. The highest BCUT2D eigenvalue weighted by atomic mass is 33.1. The molecule has 0 saturated heterocycles. The highest BCUT2D eigenvalue weighted by Gasteiger charge is 2.00. The SMILES string of the molecule is CCSSCCNCCCCCCNCc1ccccc1OC. The van der Waals surface area contributed by atoms with E-state index in [-0.39, 0.29) is 0 Å². The quantitative estimate of drug-likeness (QED) is 0.361. The van der Waals surface area contributed by atoms with Crippen LogP contribution in [0.1, 0.15) is 38.2 Å². The summed E-state index contributed by atoms with van der Waals surface area (Å²) in [6, 6.07) is 8.21. The Bertz CT molecular complexity index is 391. The third-order valence-corrected chi connectivity index (χ3v) is 6.01. The maximum Gasteiger partial charge on any atom is 0.123 e. The third kappa shape index (κ3) is 10.9. The molecule has 0 spiro atoms. The van der Waals surface area contributed by atoms with Crippen LogP contribution in [0, 0.1) is 0 Å². The number of nitrogens with one attached hydrogen (secondary N) is 2. The molecule has 0 fully saturated rings. The van der Waals surface area contributed by atoms with E-state index in [1.165, 1.54) is 42.8 Å². The number of hydrogen-bond donors (Lipinski definition) is 2. The van der Waals surface area contributed by atoms with Crippen LogP contribution < -0.4 is 15.4 Å². The lowest BCUT2D eigenvalue weighted by Crippen LogP contribution is -2.18. The van der Waals surface area contributed by atoms with Gasteiger partial charge in [0.15, 0.2) is 0 Å². The van der Waals surface area contributed by atoms with Gasteiger partial charge in [-0.15, -0.1) is 0 Å². The van der Waals surface area contributed by atoms with Crippen LogP contribution in [0.4, 0.5) is 0 Å². The summed E-state index contributed by atoms with van der Waals surface area (Å²) in [5, 5.41) is 7.02. The van der Waals surface area contributed by atoms with Crippen LogP contribution in [0.2, 0.25) is 0 Å². The van der Waals surface area contributed by atoms with Crippen LogP contribution in [0.15, 0.2) is 24.3 Å². The number of methoxy groups -OCH3 is 1. The van der Waals surface area contributed by atoms with Crippen molar-refractivity contribution in [3.8, 4) is 5.75 Å². The van der Waals surface area contributed by atoms with Crippen LogP contribution in [0.5, 0.6) is 5.75 Å². The van der Waals surface area contributed by atoms with Crippen LogP contribution in [-0.2, 0) is 6.54 Å². The zero-order valence-corrected chi connectivity index (χ0v) is 16.2. The summed E-state index contributed by atoms with van der Waals surface area (Å²) >= 11 is 0. The van der Waals surface area contributed by atoms with Gasteiger partial charge in [0.25, 0.3) is 0 Å². The predicted octanol–water partition coefficient (Wildman–Crippen LogP) is 4.34. The van der Waals surface area contributed by atoms with E-state index < -0.39 is 0 Å². The molecule has 0 bridgehead atoms. The molecule has 0 saturated carbocycles. The zero-order chi connectivity index (χ0) is 16.6. The number of benzene rings is 1. The first-order chi connectivity index (χ1) is 11.4. The highest BCUT2D eigenvalue weighted by molar-refractivity contribution is 8.76. The molecule has 0 amide bonds. The molecule has 0 heterocycles. The number of unbranched alkanes of at least 4 members (excludes halogenated alkanes) is 3. The first-order valence-corrected chi connectivity index (χ1v) is 11.1. The second-order valence-electron chi connectivity index (χ2n) is 5.38. The summed E-state index contributed by atoms with van der Waals surface area (Å²) in [7, 11) is 5.65. The standard InChI is InChI=1S/C18H32N2OS2/c1-3-22-23-15-14-19-12-8-4-5-9-13-20-16-17-10-6-7-11-18(17)21-2/h6-7,10-11,19-20H,3-5,8-9,12-16H2,1-2H3. The van der Waals surface area contributed by atoms with E-state index in [0.717, 1.165) is 31.9 Å². The van der Waals surface area contributed by atoms with Crippen LogP contribution in [-0.4, -0.2) is 38.2 Å². The van der Waals surface area contributed by atoms with E-state index in [9.17, 15) is 0 Å². The van der Waals surface area contributed by atoms with E-state index in [1.54, 1.807) is 7.11 Å². The van der Waals surface area contributed by atoms with Gasteiger partial charge in [0.2, 0.25) is 0 Å². The molecule has 23 heavy (non-hydrogen) atoms. The predicted molar refractivity (Wildman–Crippen MR) is 107 cm³/mol. The molecular formula is C18H32N2OS2. The Hall–Kier alpha value is -0.360. The average Bonchev–Trinajstić information content (AvgIpc) is 2.59. The summed E-state index contributed by atoms with van der Waals surface area (Å²) in [6.45, 7) is 6.47. The van der Waals surface area contributed by atoms with Crippen molar-refractivity contribution in [1.82, 2.24) is 10.6 Å². The van der Waals surface area contributed by atoms with Crippen molar-refractivity contribution in [3.63, 3.8) is 0 Å². The highest BCUT2D eigenvalue weighted by Crippen LogP contribution is 2.19. The molecule has 0 aliphatic rings. The maximum atomic E-state index is 5.36. The molecule has 0 aromatic heterocycles. The van der Waals surface area contributed by atoms with Gasteiger partial charge in [-0.25, -0.2) is 0 Å². The van der Waals surface area contributed by atoms with Crippen molar-refractivity contribution in [2.75, 3.05) is 38.2 Å². The van der Waals surface area contributed by atoms with Crippen molar-refractivity contribution < 1.29 is 4.74 Å². The number of rotatable bonds is 15. The first kappa shape index (κ1) is 20.7. The molecule has 1 aromatic carbocycles. The third-order valence-electron chi connectivity index (χ3n) is 3.53. The lowest BCUT2D eigenvalue weighted by molar-refractivity contribution is 0.407. The van der Waals surface area contributed by atoms with Crippen molar-refractivity contribution in [3.05, 3.63) is 29.8 Å². The second kappa shape index (κ2) is 15.2. The fourth-order valence-corrected chi connectivity index (χ4v) is 3.92. The maximum absolute atomic E-state index is 5.36. The minimum absolute atomic E-state index is 0.888. The van der Waals surface area contributed by atoms with E-state index in [1.807, 2.05) is 33.7 Å². The van der Waals surface area contributed by atoms with Gasteiger partial charge in [0.1, 0.15) is 5.75 Å². The Balaban J connectivity index is 1.86. The molecule has 132 valence electrons. The van der Waals surface area contributed by atoms with Gasteiger partial charge >= 0.3 is 0 Å². The molecule has 0 atom stereocenters. The molecule has 0 aliphatic heterocycles. The van der Waals surface area contributed by atoms with Crippen LogP contribution in [0.3, 0.4) is 0 Å². The normalized spacial score (nSPS) is 10.9. The minimum Gasteiger partial charge on any atom is -0.496 e. The van der Waals surface area contributed by atoms with Crippen molar-refractivity contribution in [2.45, 2.75) is 39.2 Å². The van der Waals surface area contributed by atoms with Gasteiger partial charge in [-0.1, -0.05) is 59.6 Å². The van der Waals surface area contributed by atoms with E-state index >= 15 is 0 Å². The van der Waals surface area contributed by atoms with Crippen molar-refractivity contribution >= 4 is 21.6 Å². The zero-order valence-electron chi connectivity index (χ0n) is 14.6. The van der Waals surface area contributed by atoms with Crippen LogP contribution >= 0.6 is 21.6 Å². The molecule has 1 rings (SSSR count).